The summed E-state index contributed by atoms with van der Waals surface area (Å²) in [6.45, 7) is 0.856. The first kappa shape index (κ1) is 19.4. The number of terminal acetylenes is 1. The summed E-state index contributed by atoms with van der Waals surface area (Å²) in [7, 11) is 1.25. The van der Waals surface area contributed by atoms with Crippen LogP contribution in [0, 0.1) is 18.4 Å². The van der Waals surface area contributed by atoms with Crippen LogP contribution in [-0.4, -0.2) is 62.8 Å². The number of nitrogens with zero attached hydrogens (tertiary/aromatic N) is 4. The molecule has 0 aromatic carbocycles. The van der Waals surface area contributed by atoms with Crippen LogP contribution in [0.5, 0.6) is 0 Å². The molecule has 0 saturated carbocycles. The van der Waals surface area contributed by atoms with Gasteiger partial charge >= 0.3 is 12.2 Å². The van der Waals surface area contributed by atoms with Gasteiger partial charge in [-0.05, 0) is 6.92 Å². The first-order valence-electron chi connectivity index (χ1n) is 7.51. The van der Waals surface area contributed by atoms with Gasteiger partial charge in [-0.15, -0.1) is 6.42 Å². The largest absolute Gasteiger partial charge is 0.508 e. The van der Waals surface area contributed by atoms with Crippen molar-refractivity contribution >= 4 is 23.1 Å². The minimum atomic E-state index is -1.67. The molecule has 0 aliphatic heterocycles. The van der Waals surface area contributed by atoms with Crippen molar-refractivity contribution in [1.82, 2.24) is 19.5 Å². The zero-order chi connectivity index (χ0) is 19.3. The van der Waals surface area contributed by atoms with E-state index in [1.807, 2.05) is 0 Å². The molecular formula is C15H18FN5O5. The third-order valence-corrected chi connectivity index (χ3v) is 3.69. The van der Waals surface area contributed by atoms with Crippen molar-refractivity contribution < 1.29 is 28.5 Å². The fourth-order valence-electron chi connectivity index (χ4n) is 2.29. The number of aromatic nitrogens is 4. The summed E-state index contributed by atoms with van der Waals surface area (Å²) < 4.78 is 30.0. The molecule has 2 rings (SSSR count). The summed E-state index contributed by atoms with van der Waals surface area (Å²) in [5, 5.41) is 9.69. The number of methoxy groups -OCH3 is 1. The van der Waals surface area contributed by atoms with Gasteiger partial charge in [0, 0.05) is 7.11 Å². The van der Waals surface area contributed by atoms with E-state index in [9.17, 15) is 14.3 Å². The summed E-state index contributed by atoms with van der Waals surface area (Å²) in [4.78, 5) is 22.8. The molecule has 0 spiro atoms. The molecule has 0 bridgehead atoms. The Morgan fingerprint density at radius 3 is 2.88 bits per heavy atom. The number of carbonyl (C=O) groups excluding carboxylic acids is 1. The number of ether oxygens (including phenoxy) is 3. The van der Waals surface area contributed by atoms with E-state index in [2.05, 4.69) is 20.9 Å². The van der Waals surface area contributed by atoms with E-state index >= 15 is 0 Å². The van der Waals surface area contributed by atoms with Gasteiger partial charge in [0.05, 0.1) is 26.1 Å². The molecule has 0 aliphatic rings. The second-order valence-corrected chi connectivity index (χ2v) is 5.13. The van der Waals surface area contributed by atoms with Crippen molar-refractivity contribution in [2.75, 3.05) is 26.1 Å². The Labute approximate surface area is 148 Å². The third-order valence-electron chi connectivity index (χ3n) is 3.69. The van der Waals surface area contributed by atoms with Crippen molar-refractivity contribution in [1.29, 1.82) is 0 Å². The van der Waals surface area contributed by atoms with E-state index in [1.165, 1.54) is 18.0 Å². The molecule has 2 aromatic heterocycles. The van der Waals surface area contributed by atoms with E-state index in [1.54, 1.807) is 6.92 Å². The average molecular weight is 367 g/mol. The Balaban J connectivity index is 2.44. The van der Waals surface area contributed by atoms with Crippen molar-refractivity contribution in [2.24, 2.45) is 0 Å². The van der Waals surface area contributed by atoms with E-state index in [0.29, 0.717) is 0 Å². The zero-order valence-corrected chi connectivity index (χ0v) is 14.2. The fraction of sp³-hybridized carbons (Fsp3) is 0.467. The summed E-state index contributed by atoms with van der Waals surface area (Å²) in [5.74, 6) is 2.13. The summed E-state index contributed by atoms with van der Waals surface area (Å²) >= 11 is 0. The Morgan fingerprint density at radius 2 is 2.31 bits per heavy atom. The van der Waals surface area contributed by atoms with Gasteiger partial charge in [0.1, 0.15) is 5.52 Å². The number of fused-ring (bicyclic) bond motifs is 1. The lowest BCUT2D eigenvalue weighted by Crippen LogP contribution is -2.50. The standard InChI is InChI=1S/C15H18FN5O5/c1-4-15(7-22,24-3)9(26-14(23)25-5-2)6-21-8-18-10-11(17)19-13(16)20-12(10)21/h1,8-9,22H,5-7H2,2-3H3,(H2,17,19,20)/t9-,15?/m0/s1. The number of carbonyl (C=O) groups is 1. The van der Waals surface area contributed by atoms with Crippen LogP contribution in [-0.2, 0) is 20.8 Å². The maximum Gasteiger partial charge on any atom is 0.508 e. The van der Waals surface area contributed by atoms with Gasteiger partial charge in [0.25, 0.3) is 0 Å². The normalized spacial score (nSPS) is 14.4. The van der Waals surface area contributed by atoms with E-state index in [-0.39, 0.29) is 30.1 Å². The van der Waals surface area contributed by atoms with Crippen LogP contribution in [0.4, 0.5) is 15.0 Å². The SMILES string of the molecule is C#CC(CO)(OC)[C@H](Cn1cnc2c(N)nc(F)nc21)OC(=O)OCC. The highest BCUT2D eigenvalue weighted by atomic mass is 19.1. The predicted octanol–water partition coefficient (Wildman–Crippen LogP) is 0.1000. The highest BCUT2D eigenvalue weighted by Gasteiger charge is 2.41. The Morgan fingerprint density at radius 1 is 1.58 bits per heavy atom. The van der Waals surface area contributed by atoms with Crippen molar-refractivity contribution in [3.63, 3.8) is 0 Å². The number of imidazole rings is 1. The molecule has 0 aliphatic carbocycles. The quantitative estimate of drug-likeness (QED) is 0.397. The monoisotopic (exact) mass is 367 g/mol. The van der Waals surface area contributed by atoms with E-state index in [0.717, 1.165) is 0 Å². The maximum atomic E-state index is 13.5. The number of aliphatic hydroxyl groups excluding tert-OH is 1. The molecule has 2 heterocycles. The Hall–Kier alpha value is -2.97. The number of hydrogen-bond acceptors (Lipinski definition) is 9. The topological polar surface area (TPSA) is 135 Å². The van der Waals surface area contributed by atoms with Crippen molar-refractivity contribution in [2.45, 2.75) is 25.2 Å². The summed E-state index contributed by atoms with van der Waals surface area (Å²) in [6, 6.07) is 0. The highest BCUT2D eigenvalue weighted by Crippen LogP contribution is 2.23. The highest BCUT2D eigenvalue weighted by molar-refractivity contribution is 5.81. The average Bonchev–Trinajstić information content (AvgIpc) is 3.00. The maximum absolute atomic E-state index is 13.5. The van der Waals surface area contributed by atoms with Gasteiger partial charge in [-0.25, -0.2) is 9.78 Å². The molecule has 0 saturated heterocycles. The van der Waals surface area contributed by atoms with Gasteiger partial charge in [-0.1, -0.05) is 5.92 Å². The molecule has 0 fully saturated rings. The Kier molecular flexibility index (Phi) is 5.91. The first-order chi connectivity index (χ1) is 12.4. The number of hydrogen-bond donors (Lipinski definition) is 2. The molecule has 2 atom stereocenters. The van der Waals surface area contributed by atoms with Crippen LogP contribution >= 0.6 is 0 Å². The number of rotatable bonds is 7. The molecule has 0 amide bonds. The lowest BCUT2D eigenvalue weighted by Gasteiger charge is -2.32. The van der Waals surface area contributed by atoms with Gasteiger partial charge < -0.3 is 29.6 Å². The van der Waals surface area contributed by atoms with Gasteiger partial charge in [0.15, 0.2) is 23.2 Å². The number of nitrogens with two attached hydrogens (primary N) is 1. The fourth-order valence-corrected chi connectivity index (χ4v) is 2.29. The zero-order valence-electron chi connectivity index (χ0n) is 14.2. The molecular weight excluding hydrogens is 349 g/mol. The number of aliphatic hydroxyl groups is 1. The first-order valence-corrected chi connectivity index (χ1v) is 7.51. The molecule has 2 aromatic rings. The van der Waals surface area contributed by atoms with E-state index in [4.69, 9.17) is 26.4 Å². The Bertz CT molecular complexity index is 830. The molecule has 26 heavy (non-hydrogen) atoms. The van der Waals surface area contributed by atoms with Crippen molar-refractivity contribution in [3.8, 4) is 12.3 Å². The number of halogens is 1. The third kappa shape index (κ3) is 3.66. The molecule has 0 radical (unpaired) electrons. The smallest absolute Gasteiger partial charge is 0.435 e. The molecule has 11 heteroatoms. The van der Waals surface area contributed by atoms with E-state index < -0.39 is 30.5 Å². The van der Waals surface area contributed by atoms with Crippen LogP contribution in [0.1, 0.15) is 6.92 Å². The van der Waals surface area contributed by atoms with Crippen molar-refractivity contribution in [3.05, 3.63) is 12.4 Å². The molecule has 10 nitrogen and oxygen atoms in total. The van der Waals surface area contributed by atoms with Crippen LogP contribution in [0.2, 0.25) is 0 Å². The lowest BCUT2D eigenvalue weighted by atomic mass is 9.98. The summed E-state index contributed by atoms with van der Waals surface area (Å²) in [6.07, 6.45) is 3.52. The second kappa shape index (κ2) is 7.94. The van der Waals surface area contributed by atoms with Crippen LogP contribution in [0.3, 0.4) is 0 Å². The lowest BCUT2D eigenvalue weighted by molar-refractivity contribution is -0.110. The number of nitrogen functional groups attached to an aromatic ring is 1. The second-order valence-electron chi connectivity index (χ2n) is 5.13. The minimum Gasteiger partial charge on any atom is -0.435 e. The number of anilines is 1. The summed E-state index contributed by atoms with van der Waals surface area (Å²) in [5.41, 5.74) is 4.17. The minimum absolute atomic E-state index is 0.0624. The van der Waals surface area contributed by atoms with Crippen LogP contribution in [0.25, 0.3) is 11.2 Å². The molecule has 140 valence electrons. The predicted molar refractivity (Wildman–Crippen MR) is 87.2 cm³/mol. The van der Waals surface area contributed by atoms with Gasteiger partial charge in [0.2, 0.25) is 0 Å². The van der Waals surface area contributed by atoms with Crippen LogP contribution in [0.15, 0.2) is 6.33 Å². The van der Waals surface area contributed by atoms with Gasteiger partial charge in [-0.2, -0.15) is 14.4 Å². The van der Waals surface area contributed by atoms with Gasteiger partial charge in [-0.3, -0.25) is 0 Å². The van der Waals surface area contributed by atoms with Crippen LogP contribution < -0.4 is 5.73 Å². The molecule has 1 unspecified atom stereocenters. The molecule has 3 N–H and O–H groups in total.